The number of carbonyl (C=O) groups is 2. The zero-order valence-corrected chi connectivity index (χ0v) is 16.1. The van der Waals surface area contributed by atoms with Crippen LogP contribution >= 0.6 is 11.3 Å². The van der Waals surface area contributed by atoms with E-state index in [-0.39, 0.29) is 30.0 Å². The summed E-state index contributed by atoms with van der Waals surface area (Å²) in [6.45, 7) is 8.50. The number of nitrogens with zero attached hydrogens (tertiary/aromatic N) is 3. The zero-order chi connectivity index (χ0) is 18.6. The van der Waals surface area contributed by atoms with Gasteiger partial charge in [-0.3, -0.25) is 15.0 Å². The highest BCUT2D eigenvalue weighted by Crippen LogP contribution is 2.30. The van der Waals surface area contributed by atoms with E-state index in [1.807, 2.05) is 0 Å². The van der Waals surface area contributed by atoms with Crippen LogP contribution in [0.4, 0.5) is 9.93 Å². The molecule has 1 fully saturated rings. The molecule has 0 spiro atoms. The molecule has 3 amide bonds. The lowest BCUT2D eigenvalue weighted by atomic mass is 9.96. The summed E-state index contributed by atoms with van der Waals surface area (Å²) in [6.07, 6.45) is 1.66. The Bertz CT molecular complexity index is 613. The number of nitrogens with two attached hydrogens (primary N) is 1. The minimum absolute atomic E-state index is 0.00964. The van der Waals surface area contributed by atoms with Crippen molar-refractivity contribution in [2.75, 3.05) is 45.2 Å². The topological polar surface area (TPSA) is 101 Å². The van der Waals surface area contributed by atoms with Crippen LogP contribution in [0.2, 0.25) is 0 Å². The van der Waals surface area contributed by atoms with E-state index in [1.54, 1.807) is 23.0 Å². The number of rotatable bonds is 5. The summed E-state index contributed by atoms with van der Waals surface area (Å²) in [6, 6.07) is -0.180. The predicted octanol–water partition coefficient (Wildman–Crippen LogP) is 1.09. The van der Waals surface area contributed by atoms with Gasteiger partial charge in [0.05, 0.1) is 19.3 Å². The van der Waals surface area contributed by atoms with Crippen molar-refractivity contribution in [1.29, 1.82) is 0 Å². The third kappa shape index (κ3) is 5.94. The second-order valence-corrected chi connectivity index (χ2v) is 8.34. The minimum atomic E-state index is -0.383. The van der Waals surface area contributed by atoms with Gasteiger partial charge in [-0.25, -0.2) is 9.78 Å². The first kappa shape index (κ1) is 19.6. The third-order valence-electron chi connectivity index (χ3n) is 3.83. The molecule has 0 aliphatic carbocycles. The summed E-state index contributed by atoms with van der Waals surface area (Å²) in [5.74, 6) is -0.383. The Labute approximate surface area is 152 Å². The van der Waals surface area contributed by atoms with Crippen molar-refractivity contribution < 1.29 is 14.3 Å². The molecule has 3 N–H and O–H groups in total. The molecule has 140 valence electrons. The Hall–Kier alpha value is -1.71. The first-order chi connectivity index (χ1) is 11.6. The molecular weight excluding hydrogens is 342 g/mol. The summed E-state index contributed by atoms with van der Waals surface area (Å²) < 4.78 is 5.68. The molecule has 1 aliphatic rings. The van der Waals surface area contributed by atoms with Gasteiger partial charge >= 0.3 is 6.03 Å². The number of carbonyl (C=O) groups excluding carboxylic acids is 2. The van der Waals surface area contributed by atoms with Crippen LogP contribution in [-0.2, 0) is 14.9 Å². The van der Waals surface area contributed by atoms with Crippen molar-refractivity contribution in [3.8, 4) is 0 Å². The maximum Gasteiger partial charge on any atom is 0.323 e. The number of anilines is 1. The Kier molecular flexibility index (Phi) is 6.36. The summed E-state index contributed by atoms with van der Waals surface area (Å²) in [4.78, 5) is 32.3. The third-order valence-corrected chi connectivity index (χ3v) is 5.16. The van der Waals surface area contributed by atoms with Crippen molar-refractivity contribution >= 4 is 28.4 Å². The maximum absolute atomic E-state index is 12.5. The van der Waals surface area contributed by atoms with Crippen LogP contribution in [-0.4, -0.2) is 72.7 Å². The molecule has 2 rings (SSSR count). The molecule has 1 unspecified atom stereocenters. The normalized spacial score (nSPS) is 18.4. The number of hydrogen-bond donors (Lipinski definition) is 2. The van der Waals surface area contributed by atoms with Gasteiger partial charge in [-0.15, -0.1) is 11.3 Å². The van der Waals surface area contributed by atoms with Gasteiger partial charge in [-0.1, -0.05) is 20.8 Å². The number of hydrogen-bond acceptors (Lipinski definition) is 6. The highest BCUT2D eigenvalue weighted by Gasteiger charge is 2.26. The number of thiazole rings is 1. The second kappa shape index (κ2) is 8.11. The van der Waals surface area contributed by atoms with Gasteiger partial charge in [0.25, 0.3) is 0 Å². The van der Waals surface area contributed by atoms with Crippen molar-refractivity contribution in [2.24, 2.45) is 5.73 Å². The SMILES string of the molecule is CN(CC(N)=O)CC1CN(C(=O)Nc2ncc(C(C)(C)C)s2)CCO1. The van der Waals surface area contributed by atoms with Gasteiger partial charge in [0.15, 0.2) is 5.13 Å². The molecule has 0 radical (unpaired) electrons. The van der Waals surface area contributed by atoms with E-state index < -0.39 is 0 Å². The van der Waals surface area contributed by atoms with Crippen LogP contribution in [0.25, 0.3) is 0 Å². The highest BCUT2D eigenvalue weighted by molar-refractivity contribution is 7.15. The number of nitrogens with one attached hydrogen (secondary N) is 1. The standard InChI is InChI=1S/C16H27N5O3S/c1-16(2,3)12-7-18-14(25-12)19-15(23)21-5-6-24-11(9-21)8-20(4)10-13(17)22/h7,11H,5-6,8-10H2,1-4H3,(H2,17,22)(H,18,19,23). The van der Waals surface area contributed by atoms with E-state index in [9.17, 15) is 9.59 Å². The van der Waals surface area contributed by atoms with E-state index in [0.717, 1.165) is 4.88 Å². The van der Waals surface area contributed by atoms with Crippen LogP contribution in [0.3, 0.4) is 0 Å². The molecule has 9 heteroatoms. The van der Waals surface area contributed by atoms with E-state index in [2.05, 4.69) is 31.1 Å². The summed E-state index contributed by atoms with van der Waals surface area (Å²) in [5, 5.41) is 3.46. The summed E-state index contributed by atoms with van der Waals surface area (Å²) >= 11 is 1.49. The average molecular weight is 369 g/mol. The van der Waals surface area contributed by atoms with Gasteiger partial charge in [0.2, 0.25) is 5.91 Å². The van der Waals surface area contributed by atoms with Crippen molar-refractivity contribution in [3.05, 3.63) is 11.1 Å². The molecule has 0 saturated carbocycles. The lowest BCUT2D eigenvalue weighted by molar-refractivity contribution is -0.119. The fourth-order valence-electron chi connectivity index (χ4n) is 2.54. The number of morpholine rings is 1. The van der Waals surface area contributed by atoms with Crippen molar-refractivity contribution in [3.63, 3.8) is 0 Å². The number of likely N-dealkylation sites (N-methyl/N-ethyl adjacent to an activating group) is 1. The largest absolute Gasteiger partial charge is 0.373 e. The summed E-state index contributed by atoms with van der Waals surface area (Å²) in [7, 11) is 1.80. The fourth-order valence-corrected chi connectivity index (χ4v) is 3.41. The Balaban J connectivity index is 1.89. The van der Waals surface area contributed by atoms with Gasteiger partial charge < -0.3 is 15.4 Å². The first-order valence-electron chi connectivity index (χ1n) is 8.26. The smallest absolute Gasteiger partial charge is 0.323 e. The number of primary amides is 1. The molecule has 2 heterocycles. The van der Waals surface area contributed by atoms with E-state index in [1.165, 1.54) is 11.3 Å². The molecule has 1 aliphatic heterocycles. The van der Waals surface area contributed by atoms with Gasteiger partial charge in [-0.2, -0.15) is 0 Å². The zero-order valence-electron chi connectivity index (χ0n) is 15.2. The number of ether oxygens (including phenoxy) is 1. The van der Waals surface area contributed by atoms with Crippen LogP contribution in [0, 0.1) is 0 Å². The van der Waals surface area contributed by atoms with E-state index >= 15 is 0 Å². The highest BCUT2D eigenvalue weighted by atomic mass is 32.1. The second-order valence-electron chi connectivity index (χ2n) is 7.31. The molecule has 25 heavy (non-hydrogen) atoms. The maximum atomic E-state index is 12.5. The van der Waals surface area contributed by atoms with Gasteiger partial charge in [0, 0.05) is 30.7 Å². The van der Waals surface area contributed by atoms with Crippen LogP contribution < -0.4 is 11.1 Å². The Morgan fingerprint density at radius 2 is 2.24 bits per heavy atom. The monoisotopic (exact) mass is 369 g/mol. The average Bonchev–Trinajstić information content (AvgIpc) is 2.95. The molecule has 1 aromatic heterocycles. The molecule has 0 aromatic carbocycles. The molecule has 1 aromatic rings. The first-order valence-corrected chi connectivity index (χ1v) is 9.07. The lowest BCUT2D eigenvalue weighted by Gasteiger charge is -2.34. The molecule has 1 saturated heterocycles. The van der Waals surface area contributed by atoms with Crippen LogP contribution in [0.1, 0.15) is 25.6 Å². The predicted molar refractivity (Wildman–Crippen MR) is 97.8 cm³/mol. The number of amides is 3. The van der Waals surface area contributed by atoms with E-state index in [0.29, 0.717) is 31.4 Å². The molecule has 1 atom stereocenters. The van der Waals surface area contributed by atoms with Gasteiger partial charge in [-0.05, 0) is 12.5 Å². The molecule has 8 nitrogen and oxygen atoms in total. The molecular formula is C16H27N5O3S. The number of urea groups is 1. The Morgan fingerprint density at radius 1 is 1.52 bits per heavy atom. The quantitative estimate of drug-likeness (QED) is 0.809. The van der Waals surface area contributed by atoms with Crippen LogP contribution in [0.5, 0.6) is 0 Å². The number of aromatic nitrogens is 1. The van der Waals surface area contributed by atoms with Crippen LogP contribution in [0.15, 0.2) is 6.20 Å². The minimum Gasteiger partial charge on any atom is -0.373 e. The fraction of sp³-hybridized carbons (Fsp3) is 0.688. The van der Waals surface area contributed by atoms with Gasteiger partial charge in [0.1, 0.15) is 0 Å². The Morgan fingerprint density at radius 3 is 2.84 bits per heavy atom. The molecule has 0 bridgehead atoms. The van der Waals surface area contributed by atoms with E-state index in [4.69, 9.17) is 10.5 Å². The lowest BCUT2D eigenvalue weighted by Crippen LogP contribution is -2.51. The van der Waals surface area contributed by atoms with Crippen molar-refractivity contribution in [2.45, 2.75) is 32.3 Å². The summed E-state index contributed by atoms with van der Waals surface area (Å²) in [5.41, 5.74) is 5.20. The van der Waals surface area contributed by atoms with Crippen molar-refractivity contribution in [1.82, 2.24) is 14.8 Å².